The van der Waals surface area contributed by atoms with Crippen molar-refractivity contribution in [3.05, 3.63) is 29.8 Å². The SMILES string of the molecule is CCOC(=O)CCCNC(=O)COc1cccc(C(F)(F)F)c1. The highest BCUT2D eigenvalue weighted by Crippen LogP contribution is 2.31. The average molecular weight is 333 g/mol. The summed E-state index contributed by atoms with van der Waals surface area (Å²) in [5.74, 6) is -0.866. The number of carbonyl (C=O) groups excluding carboxylic acids is 2. The van der Waals surface area contributed by atoms with E-state index in [1.54, 1.807) is 6.92 Å². The molecule has 1 aromatic carbocycles. The molecule has 1 amide bonds. The van der Waals surface area contributed by atoms with Crippen LogP contribution in [0.4, 0.5) is 13.2 Å². The summed E-state index contributed by atoms with van der Waals surface area (Å²) in [7, 11) is 0. The number of hydrogen-bond donors (Lipinski definition) is 1. The zero-order valence-electron chi connectivity index (χ0n) is 12.6. The van der Waals surface area contributed by atoms with Crippen molar-refractivity contribution < 1.29 is 32.2 Å². The van der Waals surface area contributed by atoms with Gasteiger partial charge in [-0.25, -0.2) is 0 Å². The van der Waals surface area contributed by atoms with Crippen molar-refractivity contribution in [1.29, 1.82) is 0 Å². The van der Waals surface area contributed by atoms with E-state index in [1.807, 2.05) is 0 Å². The largest absolute Gasteiger partial charge is 0.484 e. The Labute approximate surface area is 131 Å². The van der Waals surface area contributed by atoms with Gasteiger partial charge < -0.3 is 14.8 Å². The van der Waals surface area contributed by atoms with Gasteiger partial charge in [-0.05, 0) is 31.5 Å². The van der Waals surface area contributed by atoms with Gasteiger partial charge in [0.2, 0.25) is 0 Å². The lowest BCUT2D eigenvalue weighted by molar-refractivity contribution is -0.143. The van der Waals surface area contributed by atoms with Crippen LogP contribution in [0.25, 0.3) is 0 Å². The Bertz CT molecular complexity index is 532. The Morgan fingerprint density at radius 3 is 2.65 bits per heavy atom. The number of benzene rings is 1. The van der Waals surface area contributed by atoms with E-state index in [0.29, 0.717) is 13.0 Å². The lowest BCUT2D eigenvalue weighted by atomic mass is 10.2. The van der Waals surface area contributed by atoms with Crippen molar-refractivity contribution in [2.75, 3.05) is 19.8 Å². The molecule has 0 unspecified atom stereocenters. The highest BCUT2D eigenvalue weighted by molar-refractivity contribution is 5.77. The molecule has 128 valence electrons. The molecule has 0 bridgehead atoms. The number of ether oxygens (including phenoxy) is 2. The fraction of sp³-hybridized carbons (Fsp3) is 0.467. The fourth-order valence-electron chi connectivity index (χ4n) is 1.66. The van der Waals surface area contributed by atoms with Gasteiger partial charge in [0.05, 0.1) is 12.2 Å². The monoisotopic (exact) mass is 333 g/mol. The van der Waals surface area contributed by atoms with E-state index in [-0.39, 0.29) is 24.7 Å². The third-order valence-electron chi connectivity index (χ3n) is 2.72. The maximum atomic E-state index is 12.5. The van der Waals surface area contributed by atoms with E-state index in [2.05, 4.69) is 5.32 Å². The molecule has 1 rings (SSSR count). The summed E-state index contributed by atoms with van der Waals surface area (Å²) in [4.78, 5) is 22.6. The van der Waals surface area contributed by atoms with E-state index in [9.17, 15) is 22.8 Å². The van der Waals surface area contributed by atoms with Crippen LogP contribution >= 0.6 is 0 Å². The van der Waals surface area contributed by atoms with Gasteiger partial charge in [-0.1, -0.05) is 6.07 Å². The Kier molecular flexibility index (Phi) is 7.37. The van der Waals surface area contributed by atoms with Crippen LogP contribution in [-0.4, -0.2) is 31.6 Å². The Morgan fingerprint density at radius 1 is 1.26 bits per heavy atom. The Hall–Kier alpha value is -2.25. The summed E-state index contributed by atoms with van der Waals surface area (Å²) >= 11 is 0. The fourth-order valence-corrected chi connectivity index (χ4v) is 1.66. The van der Waals surface area contributed by atoms with Crippen LogP contribution in [-0.2, 0) is 20.5 Å². The number of esters is 1. The molecule has 0 saturated heterocycles. The Morgan fingerprint density at radius 2 is 2.00 bits per heavy atom. The quantitative estimate of drug-likeness (QED) is 0.586. The highest BCUT2D eigenvalue weighted by Gasteiger charge is 2.30. The van der Waals surface area contributed by atoms with E-state index in [4.69, 9.17) is 9.47 Å². The van der Waals surface area contributed by atoms with Crippen molar-refractivity contribution in [2.45, 2.75) is 25.9 Å². The molecule has 0 aliphatic rings. The zero-order valence-corrected chi connectivity index (χ0v) is 12.6. The van der Waals surface area contributed by atoms with Gasteiger partial charge >= 0.3 is 12.1 Å². The third kappa shape index (κ3) is 7.53. The van der Waals surface area contributed by atoms with E-state index >= 15 is 0 Å². The van der Waals surface area contributed by atoms with E-state index < -0.39 is 24.3 Å². The molecule has 0 radical (unpaired) electrons. The van der Waals surface area contributed by atoms with Crippen LogP contribution in [0.2, 0.25) is 0 Å². The minimum absolute atomic E-state index is 0.0403. The first-order valence-electron chi connectivity index (χ1n) is 7.05. The van der Waals surface area contributed by atoms with Crippen LogP contribution in [0.5, 0.6) is 5.75 Å². The number of hydrogen-bond acceptors (Lipinski definition) is 4. The molecule has 0 aliphatic carbocycles. The van der Waals surface area contributed by atoms with Gasteiger partial charge in [-0.15, -0.1) is 0 Å². The number of halogens is 3. The van der Waals surface area contributed by atoms with Crippen molar-refractivity contribution in [3.8, 4) is 5.75 Å². The number of nitrogens with one attached hydrogen (secondary N) is 1. The van der Waals surface area contributed by atoms with Crippen LogP contribution < -0.4 is 10.1 Å². The minimum atomic E-state index is -4.46. The minimum Gasteiger partial charge on any atom is -0.484 e. The molecule has 0 spiro atoms. The molecular formula is C15H18F3NO4. The number of alkyl halides is 3. The van der Waals surface area contributed by atoms with Crippen LogP contribution in [0.15, 0.2) is 24.3 Å². The average Bonchev–Trinajstić information content (AvgIpc) is 2.49. The molecule has 23 heavy (non-hydrogen) atoms. The smallest absolute Gasteiger partial charge is 0.416 e. The molecule has 1 N–H and O–H groups in total. The number of amides is 1. The molecule has 0 fully saturated rings. The second-order valence-corrected chi connectivity index (χ2v) is 4.57. The molecule has 0 saturated carbocycles. The second-order valence-electron chi connectivity index (χ2n) is 4.57. The summed E-state index contributed by atoms with van der Waals surface area (Å²) in [6.07, 6.45) is -3.87. The van der Waals surface area contributed by atoms with Gasteiger partial charge in [0.1, 0.15) is 5.75 Å². The molecule has 8 heteroatoms. The van der Waals surface area contributed by atoms with E-state index in [1.165, 1.54) is 12.1 Å². The predicted octanol–water partition coefficient (Wildman–Crippen LogP) is 2.54. The van der Waals surface area contributed by atoms with Gasteiger partial charge in [0.15, 0.2) is 6.61 Å². The summed E-state index contributed by atoms with van der Waals surface area (Å²) in [5.41, 5.74) is -0.843. The van der Waals surface area contributed by atoms with Gasteiger partial charge in [0.25, 0.3) is 5.91 Å². The molecule has 0 aliphatic heterocycles. The second kappa shape index (κ2) is 9.02. The van der Waals surface area contributed by atoms with Crippen molar-refractivity contribution in [1.82, 2.24) is 5.32 Å². The maximum Gasteiger partial charge on any atom is 0.416 e. The summed E-state index contributed by atoms with van der Waals surface area (Å²) in [6, 6.07) is 4.29. The summed E-state index contributed by atoms with van der Waals surface area (Å²) in [6.45, 7) is 1.85. The van der Waals surface area contributed by atoms with Crippen LogP contribution in [0, 0.1) is 0 Å². The van der Waals surface area contributed by atoms with E-state index in [0.717, 1.165) is 12.1 Å². The maximum absolute atomic E-state index is 12.5. The van der Waals surface area contributed by atoms with Crippen molar-refractivity contribution in [3.63, 3.8) is 0 Å². The van der Waals surface area contributed by atoms with Gasteiger partial charge in [-0.3, -0.25) is 9.59 Å². The van der Waals surface area contributed by atoms with Gasteiger partial charge in [0, 0.05) is 13.0 Å². The summed E-state index contributed by atoms with van der Waals surface area (Å²) < 4.78 is 47.3. The zero-order chi connectivity index (χ0) is 17.3. The van der Waals surface area contributed by atoms with Crippen molar-refractivity contribution in [2.24, 2.45) is 0 Å². The lowest BCUT2D eigenvalue weighted by Crippen LogP contribution is -2.30. The third-order valence-corrected chi connectivity index (χ3v) is 2.72. The molecule has 5 nitrogen and oxygen atoms in total. The highest BCUT2D eigenvalue weighted by atomic mass is 19.4. The number of rotatable bonds is 8. The first kappa shape index (κ1) is 18.8. The predicted molar refractivity (Wildman–Crippen MR) is 75.8 cm³/mol. The normalized spacial score (nSPS) is 11.0. The standard InChI is InChI=1S/C15H18F3NO4/c1-2-22-14(21)7-4-8-19-13(20)10-23-12-6-3-5-11(9-12)15(16,17)18/h3,5-6,9H,2,4,7-8,10H2,1H3,(H,19,20). The lowest BCUT2D eigenvalue weighted by Gasteiger charge is -2.10. The van der Waals surface area contributed by atoms with Crippen molar-refractivity contribution >= 4 is 11.9 Å². The number of carbonyl (C=O) groups is 2. The molecular weight excluding hydrogens is 315 g/mol. The van der Waals surface area contributed by atoms with Crippen LogP contribution in [0.1, 0.15) is 25.3 Å². The molecule has 0 aromatic heterocycles. The van der Waals surface area contributed by atoms with Gasteiger partial charge in [-0.2, -0.15) is 13.2 Å². The van der Waals surface area contributed by atoms with Crippen LogP contribution in [0.3, 0.4) is 0 Å². The topological polar surface area (TPSA) is 64.6 Å². The first-order chi connectivity index (χ1) is 10.8. The Balaban J connectivity index is 2.30. The molecule has 0 heterocycles. The molecule has 0 atom stereocenters. The summed E-state index contributed by atoms with van der Waals surface area (Å²) in [5, 5.41) is 2.50. The first-order valence-corrected chi connectivity index (χ1v) is 7.05. The molecule has 1 aromatic rings.